The Hall–Kier alpha value is -2.14. The lowest BCUT2D eigenvalue weighted by atomic mass is 10.0. The van der Waals surface area contributed by atoms with Crippen molar-refractivity contribution in [3.05, 3.63) is 59.2 Å². The van der Waals surface area contributed by atoms with Crippen LogP contribution in [0.25, 0.3) is 0 Å². The zero-order valence-electron chi connectivity index (χ0n) is 16.3. The van der Waals surface area contributed by atoms with Crippen molar-refractivity contribution in [2.24, 2.45) is 5.92 Å². The lowest BCUT2D eigenvalue weighted by Gasteiger charge is -2.15. The average molecular weight is 389 g/mol. The van der Waals surface area contributed by atoms with Crippen LogP contribution in [0.1, 0.15) is 42.9 Å². The fourth-order valence-corrected chi connectivity index (χ4v) is 4.94. The van der Waals surface area contributed by atoms with Gasteiger partial charge in [-0.05, 0) is 49.1 Å². The summed E-state index contributed by atoms with van der Waals surface area (Å²) >= 11 is 0. The van der Waals surface area contributed by atoms with E-state index < -0.39 is 15.8 Å². The van der Waals surface area contributed by atoms with Crippen molar-refractivity contribution in [2.75, 3.05) is 12.9 Å². The first-order chi connectivity index (χ1) is 12.9. The van der Waals surface area contributed by atoms with Gasteiger partial charge in [-0.25, -0.2) is 8.42 Å². The van der Waals surface area contributed by atoms with E-state index in [-0.39, 0.29) is 5.75 Å². The summed E-state index contributed by atoms with van der Waals surface area (Å²) in [6, 6.07) is 13.0. The van der Waals surface area contributed by atoms with Crippen molar-refractivity contribution in [2.45, 2.75) is 44.4 Å². The van der Waals surface area contributed by atoms with Crippen molar-refractivity contribution in [3.63, 3.8) is 0 Å². The van der Waals surface area contributed by atoms with Crippen LogP contribution in [-0.4, -0.2) is 27.6 Å². The number of unbranched alkanes of at least 4 members (excludes halogenated alkanes) is 1. The predicted octanol–water partition coefficient (Wildman–Crippen LogP) is 4.37. The molecule has 146 valence electrons. The van der Waals surface area contributed by atoms with Crippen LogP contribution < -0.4 is 4.74 Å². The van der Waals surface area contributed by atoms with Crippen LogP contribution in [0.2, 0.25) is 0 Å². The highest BCUT2D eigenvalue weighted by atomic mass is 32.2. The minimum Gasteiger partial charge on any atom is -0.497 e. The quantitative estimate of drug-likeness (QED) is 0.567. The molecule has 0 aliphatic heterocycles. The van der Waals surface area contributed by atoms with Gasteiger partial charge in [0, 0.05) is 5.92 Å². The molecular formula is C22H28O4S. The Balaban J connectivity index is 2.31. The topological polar surface area (TPSA) is 60.4 Å². The van der Waals surface area contributed by atoms with E-state index >= 15 is 0 Å². The van der Waals surface area contributed by atoms with Gasteiger partial charge in [-0.1, -0.05) is 49.6 Å². The third-order valence-electron chi connectivity index (χ3n) is 4.66. The number of rotatable bonds is 10. The number of benzene rings is 2. The highest BCUT2D eigenvalue weighted by molar-refractivity contribution is 7.91. The van der Waals surface area contributed by atoms with Gasteiger partial charge in [-0.3, -0.25) is 0 Å². The van der Waals surface area contributed by atoms with Gasteiger partial charge < -0.3 is 9.53 Å². The number of aryl methyl sites for hydroxylation is 1. The van der Waals surface area contributed by atoms with E-state index in [1.807, 2.05) is 50.2 Å². The molecule has 2 rings (SSSR count). The molecule has 0 radical (unpaired) electrons. The van der Waals surface area contributed by atoms with Crippen molar-refractivity contribution < 1.29 is 17.9 Å². The summed E-state index contributed by atoms with van der Waals surface area (Å²) < 4.78 is 31.2. The number of hydrogen-bond donors (Lipinski definition) is 0. The van der Waals surface area contributed by atoms with Gasteiger partial charge in [0.05, 0.1) is 17.8 Å². The number of methoxy groups -OCH3 is 1. The fraction of sp³-hybridized carbons (Fsp3) is 0.409. The zero-order chi connectivity index (χ0) is 19.9. The monoisotopic (exact) mass is 388 g/mol. The Kier molecular flexibility index (Phi) is 7.60. The molecule has 0 aromatic heterocycles. The molecular weight excluding hydrogens is 360 g/mol. The second-order valence-corrected chi connectivity index (χ2v) is 8.96. The van der Waals surface area contributed by atoms with Crippen LogP contribution in [0, 0.1) is 12.8 Å². The van der Waals surface area contributed by atoms with E-state index in [1.165, 1.54) is 0 Å². The van der Waals surface area contributed by atoms with Crippen LogP contribution in [-0.2, 0) is 21.1 Å². The summed E-state index contributed by atoms with van der Waals surface area (Å²) in [4.78, 5) is 11.7. The second kappa shape index (κ2) is 9.70. The Morgan fingerprint density at radius 1 is 1.11 bits per heavy atom. The SMILES string of the molecule is CCCCC(C=O)CS(=O)(=O)c1ccc(C)cc1Cc1ccc(OC)cc1. The third kappa shape index (κ3) is 5.93. The van der Waals surface area contributed by atoms with Gasteiger partial charge in [0.2, 0.25) is 0 Å². The van der Waals surface area contributed by atoms with Crippen LogP contribution in [0.15, 0.2) is 47.4 Å². The second-order valence-electron chi connectivity index (χ2n) is 6.96. The van der Waals surface area contributed by atoms with E-state index in [9.17, 15) is 13.2 Å². The molecule has 0 fully saturated rings. The fourth-order valence-electron chi connectivity index (χ4n) is 3.14. The summed E-state index contributed by atoms with van der Waals surface area (Å²) in [5, 5.41) is 0. The molecule has 0 saturated carbocycles. The first-order valence-electron chi connectivity index (χ1n) is 9.30. The first kappa shape index (κ1) is 21.2. The molecule has 2 aromatic rings. The van der Waals surface area contributed by atoms with Gasteiger partial charge in [-0.2, -0.15) is 0 Å². The minimum atomic E-state index is -3.54. The van der Waals surface area contributed by atoms with Crippen LogP contribution >= 0.6 is 0 Å². The van der Waals surface area contributed by atoms with Gasteiger partial charge in [0.15, 0.2) is 9.84 Å². The molecule has 0 spiro atoms. The van der Waals surface area contributed by atoms with E-state index in [2.05, 4.69) is 0 Å². The van der Waals surface area contributed by atoms with Gasteiger partial charge >= 0.3 is 0 Å². The smallest absolute Gasteiger partial charge is 0.179 e. The molecule has 0 aliphatic rings. The van der Waals surface area contributed by atoms with Crippen molar-refractivity contribution in [3.8, 4) is 5.75 Å². The van der Waals surface area contributed by atoms with Crippen LogP contribution in [0.3, 0.4) is 0 Å². The molecule has 0 heterocycles. The minimum absolute atomic E-state index is 0.130. The maximum absolute atomic E-state index is 13.0. The number of aldehydes is 1. The summed E-state index contributed by atoms with van der Waals surface area (Å²) in [5.41, 5.74) is 2.78. The Morgan fingerprint density at radius 3 is 2.41 bits per heavy atom. The molecule has 0 N–H and O–H groups in total. The predicted molar refractivity (Wildman–Crippen MR) is 108 cm³/mol. The number of carbonyl (C=O) groups excluding carboxylic acids is 1. The summed E-state index contributed by atoms with van der Waals surface area (Å²) in [6.45, 7) is 3.98. The largest absolute Gasteiger partial charge is 0.497 e. The van der Waals surface area contributed by atoms with Gasteiger partial charge in [0.1, 0.15) is 12.0 Å². The number of carbonyl (C=O) groups is 1. The Morgan fingerprint density at radius 2 is 1.81 bits per heavy atom. The Bertz CT molecular complexity index is 854. The number of ether oxygens (including phenoxy) is 1. The van der Waals surface area contributed by atoms with Crippen molar-refractivity contribution in [1.29, 1.82) is 0 Å². The Labute approximate surface area is 162 Å². The number of hydrogen-bond acceptors (Lipinski definition) is 4. The molecule has 0 bridgehead atoms. The average Bonchev–Trinajstić information content (AvgIpc) is 2.65. The van der Waals surface area contributed by atoms with Gasteiger partial charge in [-0.15, -0.1) is 0 Å². The molecule has 0 amide bonds. The summed E-state index contributed by atoms with van der Waals surface area (Å²) in [6.07, 6.45) is 3.70. The summed E-state index contributed by atoms with van der Waals surface area (Å²) in [5.74, 6) is 0.181. The van der Waals surface area contributed by atoms with Crippen molar-refractivity contribution >= 4 is 16.1 Å². The number of sulfone groups is 1. The normalized spacial score (nSPS) is 12.6. The van der Waals surface area contributed by atoms with Crippen molar-refractivity contribution in [1.82, 2.24) is 0 Å². The molecule has 5 heteroatoms. The molecule has 4 nitrogen and oxygen atoms in total. The van der Waals surface area contributed by atoms with Gasteiger partial charge in [0.25, 0.3) is 0 Å². The maximum atomic E-state index is 13.0. The van der Waals surface area contributed by atoms with E-state index in [0.29, 0.717) is 17.7 Å². The molecule has 2 aromatic carbocycles. The third-order valence-corrected chi connectivity index (χ3v) is 6.59. The maximum Gasteiger partial charge on any atom is 0.179 e. The van der Waals surface area contributed by atoms with E-state index in [1.54, 1.807) is 13.2 Å². The standard InChI is InChI=1S/C22H28O4S/c1-4-5-6-19(15-23)16-27(24,25)22-12-7-17(2)13-20(22)14-18-8-10-21(26-3)11-9-18/h7-13,15,19H,4-6,14,16H2,1-3H3. The van der Waals surface area contributed by atoms with Crippen LogP contribution in [0.4, 0.5) is 0 Å². The lowest BCUT2D eigenvalue weighted by Crippen LogP contribution is -2.19. The molecule has 0 saturated heterocycles. The lowest BCUT2D eigenvalue weighted by molar-refractivity contribution is -0.110. The zero-order valence-corrected chi connectivity index (χ0v) is 17.1. The van der Waals surface area contributed by atoms with E-state index in [4.69, 9.17) is 4.74 Å². The summed E-state index contributed by atoms with van der Waals surface area (Å²) in [7, 11) is -1.92. The first-order valence-corrected chi connectivity index (χ1v) is 10.9. The highest BCUT2D eigenvalue weighted by Crippen LogP contribution is 2.25. The molecule has 1 atom stereocenters. The van der Waals surface area contributed by atoms with E-state index in [0.717, 1.165) is 41.6 Å². The van der Waals surface area contributed by atoms with Crippen LogP contribution in [0.5, 0.6) is 5.75 Å². The molecule has 0 aliphatic carbocycles. The highest BCUT2D eigenvalue weighted by Gasteiger charge is 2.23. The molecule has 1 unspecified atom stereocenters. The molecule has 27 heavy (non-hydrogen) atoms.